The van der Waals surface area contributed by atoms with E-state index in [0.717, 1.165) is 11.3 Å². The maximum atomic E-state index is 13.8. The van der Waals surface area contributed by atoms with Crippen molar-refractivity contribution in [2.75, 3.05) is 18.1 Å². The summed E-state index contributed by atoms with van der Waals surface area (Å²) < 4.78 is 20.5. The molecule has 2 atom stereocenters. The van der Waals surface area contributed by atoms with E-state index in [1.807, 2.05) is 23.1 Å². The second-order valence-electron chi connectivity index (χ2n) is 7.05. The number of primary amides is 1. The number of hydrogen-bond acceptors (Lipinski definition) is 5. The molecule has 1 aliphatic heterocycles. The van der Waals surface area contributed by atoms with Gasteiger partial charge in [0.1, 0.15) is 11.4 Å². The molecule has 0 radical (unpaired) electrons. The molecule has 2 N–H and O–H groups in total. The smallest absolute Gasteiger partial charge is 0.341 e. The van der Waals surface area contributed by atoms with Gasteiger partial charge in [-0.2, -0.15) is 5.10 Å². The molecule has 2 aromatic heterocycles. The van der Waals surface area contributed by atoms with Crippen molar-refractivity contribution in [3.05, 3.63) is 65.7 Å². The highest BCUT2D eigenvalue weighted by Crippen LogP contribution is 2.39. The van der Waals surface area contributed by atoms with E-state index in [-0.39, 0.29) is 30.3 Å². The van der Waals surface area contributed by atoms with Crippen LogP contribution < -0.4 is 10.6 Å². The molecular formula is C21H21FN4O3. The number of nitrogens with zero attached hydrogens (tertiary/aromatic N) is 3. The van der Waals surface area contributed by atoms with E-state index < -0.39 is 5.97 Å². The van der Waals surface area contributed by atoms with Crippen LogP contribution in [0.3, 0.4) is 0 Å². The zero-order chi connectivity index (χ0) is 20.5. The van der Waals surface area contributed by atoms with Crippen LogP contribution in [-0.4, -0.2) is 34.6 Å². The third-order valence-electron chi connectivity index (χ3n) is 5.27. The average Bonchev–Trinajstić information content (AvgIpc) is 3.32. The van der Waals surface area contributed by atoms with Gasteiger partial charge in [-0.3, -0.25) is 4.79 Å². The number of benzene rings is 1. The summed E-state index contributed by atoms with van der Waals surface area (Å²) in [6.07, 6.45) is 3.71. The van der Waals surface area contributed by atoms with Crippen molar-refractivity contribution in [2.24, 2.45) is 11.7 Å². The van der Waals surface area contributed by atoms with Gasteiger partial charge in [0.15, 0.2) is 0 Å². The van der Waals surface area contributed by atoms with Gasteiger partial charge in [-0.15, -0.1) is 0 Å². The van der Waals surface area contributed by atoms with E-state index in [1.54, 1.807) is 23.7 Å². The van der Waals surface area contributed by atoms with Crippen LogP contribution in [0.25, 0.3) is 5.52 Å². The highest BCUT2D eigenvalue weighted by molar-refractivity contribution is 5.97. The summed E-state index contributed by atoms with van der Waals surface area (Å²) in [5.41, 5.74) is 8.09. The summed E-state index contributed by atoms with van der Waals surface area (Å²) in [4.78, 5) is 26.1. The van der Waals surface area contributed by atoms with Crippen molar-refractivity contribution < 1.29 is 18.7 Å². The maximum absolute atomic E-state index is 13.8. The number of carbonyl (C=O) groups excluding carboxylic acids is 2. The Morgan fingerprint density at radius 1 is 1.31 bits per heavy atom. The highest BCUT2D eigenvalue weighted by Gasteiger charge is 2.36. The largest absolute Gasteiger partial charge is 0.462 e. The molecule has 0 saturated carbocycles. The molecule has 3 aromatic rings. The number of ether oxygens (including phenoxy) is 1. The number of fused-ring (bicyclic) bond motifs is 1. The predicted molar refractivity (Wildman–Crippen MR) is 105 cm³/mol. The first kappa shape index (κ1) is 18.9. The number of aromatic nitrogens is 2. The van der Waals surface area contributed by atoms with Gasteiger partial charge in [0.2, 0.25) is 5.91 Å². The first-order valence-corrected chi connectivity index (χ1v) is 9.44. The van der Waals surface area contributed by atoms with Crippen LogP contribution in [0.2, 0.25) is 0 Å². The topological polar surface area (TPSA) is 89.9 Å². The molecule has 0 spiro atoms. The van der Waals surface area contributed by atoms with E-state index in [4.69, 9.17) is 10.5 Å². The van der Waals surface area contributed by atoms with Crippen LogP contribution >= 0.6 is 0 Å². The molecule has 1 amide bonds. The molecule has 29 heavy (non-hydrogen) atoms. The van der Waals surface area contributed by atoms with E-state index in [2.05, 4.69) is 5.10 Å². The number of pyridine rings is 1. The van der Waals surface area contributed by atoms with Crippen molar-refractivity contribution in [3.63, 3.8) is 0 Å². The molecule has 7 nitrogen and oxygen atoms in total. The van der Waals surface area contributed by atoms with Crippen molar-refractivity contribution >= 4 is 23.1 Å². The van der Waals surface area contributed by atoms with E-state index in [0.29, 0.717) is 24.0 Å². The summed E-state index contributed by atoms with van der Waals surface area (Å²) in [6.45, 7) is 2.42. The fourth-order valence-corrected chi connectivity index (χ4v) is 3.87. The molecule has 150 valence electrons. The van der Waals surface area contributed by atoms with Gasteiger partial charge in [0.05, 0.1) is 30.3 Å². The Morgan fingerprint density at radius 2 is 2.14 bits per heavy atom. The first-order chi connectivity index (χ1) is 14.0. The molecule has 0 unspecified atom stereocenters. The van der Waals surface area contributed by atoms with Crippen molar-refractivity contribution in [2.45, 2.75) is 19.4 Å². The molecule has 1 fully saturated rings. The fourth-order valence-electron chi connectivity index (χ4n) is 3.87. The zero-order valence-electron chi connectivity index (χ0n) is 15.9. The second kappa shape index (κ2) is 7.54. The molecule has 3 heterocycles. The lowest BCUT2D eigenvalue weighted by Crippen LogP contribution is -2.28. The summed E-state index contributed by atoms with van der Waals surface area (Å²) >= 11 is 0. The number of amides is 1. The summed E-state index contributed by atoms with van der Waals surface area (Å²) in [7, 11) is 0. The third kappa shape index (κ3) is 3.53. The Bertz CT molecular complexity index is 1080. The first-order valence-electron chi connectivity index (χ1n) is 9.44. The SMILES string of the molecule is CCOC(=O)c1cnn2ccc(N3C[C@@H](C(N)=O)C[C@@H]3c3cccc(F)c3)cc12. The molecule has 1 aromatic carbocycles. The minimum Gasteiger partial charge on any atom is -0.462 e. The van der Waals surface area contributed by atoms with Gasteiger partial charge < -0.3 is 15.4 Å². The van der Waals surface area contributed by atoms with Gasteiger partial charge in [-0.05, 0) is 43.2 Å². The lowest BCUT2D eigenvalue weighted by Gasteiger charge is -2.27. The third-order valence-corrected chi connectivity index (χ3v) is 5.27. The second-order valence-corrected chi connectivity index (χ2v) is 7.05. The van der Waals surface area contributed by atoms with Gasteiger partial charge in [0, 0.05) is 18.4 Å². The van der Waals surface area contributed by atoms with Gasteiger partial charge in [0.25, 0.3) is 0 Å². The summed E-state index contributed by atoms with van der Waals surface area (Å²) in [6, 6.07) is 9.82. The minimum atomic E-state index is -0.447. The van der Waals surface area contributed by atoms with Crippen molar-refractivity contribution in [1.29, 1.82) is 0 Å². The minimum absolute atomic E-state index is 0.209. The Hall–Kier alpha value is -3.42. The molecule has 1 saturated heterocycles. The number of halogens is 1. The van der Waals surface area contributed by atoms with E-state index in [9.17, 15) is 14.0 Å². The Kier molecular flexibility index (Phi) is 4.92. The molecular weight excluding hydrogens is 375 g/mol. The van der Waals surface area contributed by atoms with Crippen LogP contribution in [0.5, 0.6) is 0 Å². The highest BCUT2D eigenvalue weighted by atomic mass is 19.1. The monoisotopic (exact) mass is 396 g/mol. The number of carbonyl (C=O) groups is 2. The number of hydrogen-bond donors (Lipinski definition) is 1. The lowest BCUT2D eigenvalue weighted by atomic mass is 9.99. The molecule has 1 aliphatic rings. The van der Waals surface area contributed by atoms with Gasteiger partial charge in [-0.25, -0.2) is 13.7 Å². The lowest BCUT2D eigenvalue weighted by molar-refractivity contribution is -0.121. The van der Waals surface area contributed by atoms with Crippen LogP contribution in [0, 0.1) is 11.7 Å². The number of esters is 1. The van der Waals surface area contributed by atoms with Gasteiger partial charge in [-0.1, -0.05) is 12.1 Å². The average molecular weight is 396 g/mol. The van der Waals surface area contributed by atoms with Crippen molar-refractivity contribution in [3.8, 4) is 0 Å². The van der Waals surface area contributed by atoms with Gasteiger partial charge >= 0.3 is 5.97 Å². The fraction of sp³-hybridized carbons (Fsp3) is 0.286. The molecule has 8 heteroatoms. The predicted octanol–water partition coefficient (Wildman–Crippen LogP) is 2.70. The molecule has 0 bridgehead atoms. The standard InChI is InChI=1S/C21H21FN4O3/c1-2-29-21(28)17-11-24-26-7-6-16(10-19(17)26)25-12-14(20(23)27)9-18(25)13-4-3-5-15(22)8-13/h3-8,10-11,14,18H,2,9,12H2,1H3,(H2,23,27)/t14-,18+/m0/s1. The Morgan fingerprint density at radius 3 is 2.86 bits per heavy atom. The quantitative estimate of drug-likeness (QED) is 0.670. The van der Waals surface area contributed by atoms with Crippen LogP contribution in [-0.2, 0) is 9.53 Å². The molecule has 4 rings (SSSR count). The normalized spacial score (nSPS) is 18.9. The van der Waals surface area contributed by atoms with Crippen LogP contribution in [0.4, 0.5) is 10.1 Å². The maximum Gasteiger partial charge on any atom is 0.341 e. The Labute approximate surface area is 166 Å². The van der Waals surface area contributed by atoms with Crippen LogP contribution in [0.15, 0.2) is 48.8 Å². The van der Waals surface area contributed by atoms with Crippen LogP contribution in [0.1, 0.15) is 35.3 Å². The summed E-state index contributed by atoms with van der Waals surface area (Å²) in [5, 5.41) is 4.20. The Balaban J connectivity index is 1.76. The van der Waals surface area contributed by atoms with Crippen molar-refractivity contribution in [1.82, 2.24) is 9.61 Å². The van der Waals surface area contributed by atoms with E-state index >= 15 is 0 Å². The van der Waals surface area contributed by atoms with E-state index in [1.165, 1.54) is 18.3 Å². The zero-order valence-corrected chi connectivity index (χ0v) is 15.9. The number of anilines is 1. The summed E-state index contributed by atoms with van der Waals surface area (Å²) in [5.74, 6) is -1.51. The number of nitrogens with two attached hydrogens (primary N) is 1. The molecule has 0 aliphatic carbocycles. The number of rotatable bonds is 5.